The Balaban J connectivity index is 1.60. The normalized spacial score (nSPS) is 18.2. The van der Waals surface area contributed by atoms with Crippen LogP contribution in [0, 0.1) is 0 Å². The summed E-state index contributed by atoms with van der Waals surface area (Å²) < 4.78 is 0. The summed E-state index contributed by atoms with van der Waals surface area (Å²) in [5, 5.41) is 3.25. The molecule has 6 nitrogen and oxygen atoms in total. The van der Waals surface area contributed by atoms with Gasteiger partial charge in [0.15, 0.2) is 0 Å². The van der Waals surface area contributed by atoms with Crippen molar-refractivity contribution in [2.45, 2.75) is 31.7 Å². The molecule has 0 radical (unpaired) electrons. The highest BCUT2D eigenvalue weighted by Crippen LogP contribution is 2.30. The largest absolute Gasteiger partial charge is 0.373 e. The van der Waals surface area contributed by atoms with Crippen molar-refractivity contribution in [3.8, 4) is 0 Å². The van der Waals surface area contributed by atoms with Gasteiger partial charge in [0.2, 0.25) is 0 Å². The molecule has 2 aromatic rings. The van der Waals surface area contributed by atoms with Gasteiger partial charge in [0, 0.05) is 30.6 Å². The number of hydrogen-bond donors (Lipinski definition) is 1. The number of fused-ring (bicyclic) bond motifs is 1. The molecule has 1 amide bonds. The zero-order valence-corrected chi connectivity index (χ0v) is 16.1. The number of nitrogens with zero attached hydrogens (tertiary/aromatic N) is 4. The van der Waals surface area contributed by atoms with Crippen LogP contribution in [0.5, 0.6) is 0 Å². The minimum Gasteiger partial charge on any atom is -0.373 e. The number of amides is 1. The Bertz CT molecular complexity index is 815. The van der Waals surface area contributed by atoms with Crippen molar-refractivity contribution in [3.05, 3.63) is 53.0 Å². The third-order valence-corrected chi connectivity index (χ3v) is 5.71. The lowest BCUT2D eigenvalue weighted by molar-refractivity contribution is 0.0731. The molecule has 3 heterocycles. The fourth-order valence-electron chi connectivity index (χ4n) is 4.04. The fraction of sp³-hybridized carbons (Fsp3) is 0.476. The summed E-state index contributed by atoms with van der Waals surface area (Å²) in [6, 6.07) is 9.50. The molecule has 0 bridgehead atoms. The number of aromatic nitrogens is 2. The summed E-state index contributed by atoms with van der Waals surface area (Å²) in [7, 11) is 4.08. The predicted octanol–water partition coefficient (Wildman–Crippen LogP) is 2.53. The molecule has 1 aromatic heterocycles. The Labute approximate surface area is 160 Å². The average molecular weight is 365 g/mol. The molecule has 0 spiro atoms. The minimum atomic E-state index is 0.0757. The lowest BCUT2D eigenvalue weighted by Gasteiger charge is -2.32. The highest BCUT2D eigenvalue weighted by molar-refractivity contribution is 5.94. The number of benzene rings is 1. The number of rotatable bonds is 3. The van der Waals surface area contributed by atoms with Crippen molar-refractivity contribution in [2.24, 2.45) is 0 Å². The first-order valence-corrected chi connectivity index (χ1v) is 9.76. The van der Waals surface area contributed by atoms with Crippen LogP contribution in [-0.2, 0) is 13.0 Å². The van der Waals surface area contributed by atoms with Gasteiger partial charge in [-0.2, -0.15) is 0 Å². The highest BCUT2D eigenvalue weighted by atomic mass is 16.2. The van der Waals surface area contributed by atoms with E-state index in [4.69, 9.17) is 9.97 Å². The van der Waals surface area contributed by atoms with E-state index in [2.05, 4.69) is 17.3 Å². The summed E-state index contributed by atoms with van der Waals surface area (Å²) >= 11 is 0. The van der Waals surface area contributed by atoms with Crippen LogP contribution in [0.15, 0.2) is 30.3 Å². The molecule has 2 aliphatic rings. The summed E-state index contributed by atoms with van der Waals surface area (Å²) in [6.07, 6.45) is 2.97. The number of hydrogen-bond acceptors (Lipinski definition) is 5. The fourth-order valence-corrected chi connectivity index (χ4v) is 4.04. The van der Waals surface area contributed by atoms with E-state index in [1.807, 2.05) is 42.3 Å². The Kier molecular flexibility index (Phi) is 5.07. The number of carbonyl (C=O) groups is 1. The Morgan fingerprint density at radius 3 is 2.56 bits per heavy atom. The lowest BCUT2D eigenvalue weighted by atomic mass is 9.95. The monoisotopic (exact) mass is 365 g/mol. The van der Waals surface area contributed by atoms with Crippen LogP contribution in [0.4, 0.5) is 5.82 Å². The molecule has 6 heteroatoms. The molecule has 1 N–H and O–H groups in total. The zero-order valence-electron chi connectivity index (χ0n) is 16.1. The molecule has 2 aliphatic heterocycles. The Morgan fingerprint density at radius 2 is 1.85 bits per heavy atom. The van der Waals surface area contributed by atoms with Gasteiger partial charge >= 0.3 is 0 Å². The van der Waals surface area contributed by atoms with E-state index in [0.717, 1.165) is 60.8 Å². The van der Waals surface area contributed by atoms with E-state index < -0.39 is 0 Å². The van der Waals surface area contributed by atoms with Crippen molar-refractivity contribution in [1.82, 2.24) is 19.8 Å². The van der Waals surface area contributed by atoms with Crippen LogP contribution in [0.3, 0.4) is 0 Å². The Morgan fingerprint density at radius 1 is 1.11 bits per heavy atom. The lowest BCUT2D eigenvalue weighted by Crippen LogP contribution is -2.37. The number of anilines is 1. The van der Waals surface area contributed by atoms with Gasteiger partial charge in [-0.3, -0.25) is 4.79 Å². The van der Waals surface area contributed by atoms with Gasteiger partial charge in [-0.05, 0) is 51.5 Å². The molecule has 1 fully saturated rings. The Hall–Kier alpha value is -2.47. The highest BCUT2D eigenvalue weighted by Gasteiger charge is 2.28. The van der Waals surface area contributed by atoms with Crippen molar-refractivity contribution in [2.75, 3.05) is 39.0 Å². The van der Waals surface area contributed by atoms with Crippen LogP contribution < -0.4 is 5.32 Å². The SMILES string of the molecule is CNc1nc(C2CCN(C)CC2)nc2c1CCN(C(=O)c1ccccc1)C2. The van der Waals surface area contributed by atoms with Gasteiger partial charge < -0.3 is 15.1 Å². The van der Waals surface area contributed by atoms with Crippen LogP contribution in [0.1, 0.15) is 46.2 Å². The molecule has 0 atom stereocenters. The first-order valence-electron chi connectivity index (χ1n) is 9.76. The predicted molar refractivity (Wildman–Crippen MR) is 106 cm³/mol. The molecule has 4 rings (SSSR count). The summed E-state index contributed by atoms with van der Waals surface area (Å²) in [5.74, 6) is 2.34. The summed E-state index contributed by atoms with van der Waals surface area (Å²) in [5.41, 5.74) is 2.89. The van der Waals surface area contributed by atoms with Crippen molar-refractivity contribution >= 4 is 11.7 Å². The van der Waals surface area contributed by atoms with Crippen molar-refractivity contribution < 1.29 is 4.79 Å². The molecule has 0 saturated carbocycles. The van der Waals surface area contributed by atoms with Gasteiger partial charge in [-0.25, -0.2) is 9.97 Å². The van der Waals surface area contributed by atoms with Crippen LogP contribution in [0.25, 0.3) is 0 Å². The maximum atomic E-state index is 12.8. The standard InChI is InChI=1S/C21H27N5O/c1-22-20-17-10-13-26(21(27)16-6-4-3-5-7-16)14-18(17)23-19(24-20)15-8-11-25(2)12-9-15/h3-7,15H,8-14H2,1-2H3,(H,22,23,24). The van der Waals surface area contributed by atoms with Crippen molar-refractivity contribution in [1.29, 1.82) is 0 Å². The topological polar surface area (TPSA) is 61.4 Å². The first kappa shape index (κ1) is 17.9. The molecule has 142 valence electrons. The van der Waals surface area contributed by atoms with Crippen LogP contribution >= 0.6 is 0 Å². The van der Waals surface area contributed by atoms with Crippen molar-refractivity contribution in [3.63, 3.8) is 0 Å². The van der Waals surface area contributed by atoms with E-state index in [9.17, 15) is 4.79 Å². The average Bonchev–Trinajstić information content (AvgIpc) is 2.73. The van der Waals surface area contributed by atoms with E-state index in [-0.39, 0.29) is 5.91 Å². The summed E-state index contributed by atoms with van der Waals surface area (Å²) in [4.78, 5) is 26.9. The van der Waals surface area contributed by atoms with Crippen LogP contribution in [0.2, 0.25) is 0 Å². The number of likely N-dealkylation sites (tertiary alicyclic amines) is 1. The van der Waals surface area contributed by atoms with E-state index in [1.54, 1.807) is 0 Å². The molecule has 1 saturated heterocycles. The molecular formula is C21H27N5O. The quantitative estimate of drug-likeness (QED) is 0.906. The zero-order chi connectivity index (χ0) is 18.8. The van der Waals surface area contributed by atoms with E-state index >= 15 is 0 Å². The third-order valence-electron chi connectivity index (χ3n) is 5.71. The summed E-state index contributed by atoms with van der Waals surface area (Å²) in [6.45, 7) is 3.42. The second-order valence-corrected chi connectivity index (χ2v) is 7.53. The molecule has 27 heavy (non-hydrogen) atoms. The minimum absolute atomic E-state index is 0.0757. The van der Waals surface area contributed by atoms with Gasteiger partial charge in [0.1, 0.15) is 11.6 Å². The maximum absolute atomic E-state index is 12.8. The van der Waals surface area contributed by atoms with Gasteiger partial charge in [0.05, 0.1) is 12.2 Å². The molecule has 0 unspecified atom stereocenters. The smallest absolute Gasteiger partial charge is 0.254 e. The number of nitrogens with one attached hydrogen (secondary N) is 1. The molecular weight excluding hydrogens is 338 g/mol. The molecule has 1 aromatic carbocycles. The second-order valence-electron chi connectivity index (χ2n) is 7.53. The van der Waals surface area contributed by atoms with E-state index in [1.165, 1.54) is 0 Å². The first-order chi connectivity index (χ1) is 13.2. The third kappa shape index (κ3) is 3.67. The van der Waals surface area contributed by atoms with Crippen LogP contribution in [-0.4, -0.2) is 59.4 Å². The number of carbonyl (C=O) groups excluding carboxylic acids is 1. The van der Waals surface area contributed by atoms with Gasteiger partial charge in [-0.1, -0.05) is 18.2 Å². The number of piperidine rings is 1. The molecule has 0 aliphatic carbocycles. The maximum Gasteiger partial charge on any atom is 0.254 e. The van der Waals surface area contributed by atoms with Gasteiger partial charge in [0.25, 0.3) is 5.91 Å². The van der Waals surface area contributed by atoms with Gasteiger partial charge in [-0.15, -0.1) is 0 Å². The van der Waals surface area contributed by atoms with E-state index in [0.29, 0.717) is 19.0 Å². The second kappa shape index (κ2) is 7.64.